The molecule has 0 saturated carbocycles. The van der Waals surface area contributed by atoms with Crippen molar-refractivity contribution in [3.05, 3.63) is 56.5 Å². The Bertz CT molecular complexity index is 1200. The molecule has 0 aliphatic carbocycles. The van der Waals surface area contributed by atoms with Gasteiger partial charge in [-0.05, 0) is 23.1 Å². The van der Waals surface area contributed by atoms with Crippen LogP contribution in [0.3, 0.4) is 0 Å². The Morgan fingerprint density at radius 2 is 1.86 bits per heavy atom. The topological polar surface area (TPSA) is 125 Å². The van der Waals surface area contributed by atoms with Crippen molar-refractivity contribution >= 4 is 28.4 Å². The maximum absolute atomic E-state index is 13.1. The molecule has 1 amide bonds. The van der Waals surface area contributed by atoms with Crippen molar-refractivity contribution in [1.82, 2.24) is 19.1 Å². The number of anilines is 2. The second-order valence-electron chi connectivity index (χ2n) is 7.60. The largest absolute Gasteiger partial charge is 0.383 e. The third kappa shape index (κ3) is 3.04. The summed E-state index contributed by atoms with van der Waals surface area (Å²) in [6.07, 6.45) is 3.09. The SMILES string of the molecule is Cn1c(=O)c2c(C(C)(C)C)c(C(=O)Nc3cccnc3)c(N)nc2n(C)c1=O. The highest BCUT2D eigenvalue weighted by Crippen LogP contribution is 2.33. The second kappa shape index (κ2) is 6.59. The van der Waals surface area contributed by atoms with E-state index in [2.05, 4.69) is 15.3 Å². The molecule has 0 radical (unpaired) electrons. The number of carbonyl (C=O) groups excluding carboxylic acids is 1. The number of carbonyl (C=O) groups is 1. The van der Waals surface area contributed by atoms with Crippen molar-refractivity contribution in [2.45, 2.75) is 26.2 Å². The number of nitrogen functional groups attached to an aromatic ring is 1. The molecule has 9 nitrogen and oxygen atoms in total. The molecular formula is C19H22N6O3. The third-order valence-corrected chi connectivity index (χ3v) is 4.51. The van der Waals surface area contributed by atoms with Crippen LogP contribution in [0.5, 0.6) is 0 Å². The van der Waals surface area contributed by atoms with E-state index >= 15 is 0 Å². The Morgan fingerprint density at radius 3 is 2.43 bits per heavy atom. The number of fused-ring (bicyclic) bond motifs is 1. The minimum atomic E-state index is -0.625. The van der Waals surface area contributed by atoms with Gasteiger partial charge in [0.2, 0.25) is 0 Å². The first-order valence-corrected chi connectivity index (χ1v) is 8.65. The van der Waals surface area contributed by atoms with Gasteiger partial charge in [0.15, 0.2) is 5.65 Å². The monoisotopic (exact) mass is 382 g/mol. The molecule has 28 heavy (non-hydrogen) atoms. The summed E-state index contributed by atoms with van der Waals surface area (Å²) in [5.41, 5.74) is 5.65. The summed E-state index contributed by atoms with van der Waals surface area (Å²) >= 11 is 0. The van der Waals surface area contributed by atoms with Crippen LogP contribution in [0.15, 0.2) is 34.1 Å². The van der Waals surface area contributed by atoms with Crippen LogP contribution in [0.25, 0.3) is 11.0 Å². The number of nitrogens with two attached hydrogens (primary N) is 1. The van der Waals surface area contributed by atoms with Crippen molar-refractivity contribution in [3.8, 4) is 0 Å². The standard InChI is InChI=1S/C19H22N6O3/c1-19(2,3)13-11(16(26)22-10-7-6-8-21-9-10)14(20)23-15-12(13)17(27)25(5)18(28)24(15)4/h6-9H,1-5H3,(H2,20,23)(H,22,26). The Labute approximate surface area is 160 Å². The van der Waals surface area contributed by atoms with Gasteiger partial charge < -0.3 is 11.1 Å². The molecule has 3 aromatic rings. The molecule has 0 spiro atoms. The maximum Gasteiger partial charge on any atom is 0.332 e. The number of hydrogen-bond acceptors (Lipinski definition) is 6. The number of aryl methyl sites for hydroxylation is 1. The quantitative estimate of drug-likeness (QED) is 0.685. The third-order valence-electron chi connectivity index (χ3n) is 4.51. The van der Waals surface area contributed by atoms with Crippen LogP contribution < -0.4 is 22.3 Å². The summed E-state index contributed by atoms with van der Waals surface area (Å²) in [6, 6.07) is 3.38. The van der Waals surface area contributed by atoms with Gasteiger partial charge in [0.05, 0.1) is 22.8 Å². The van der Waals surface area contributed by atoms with Crippen LogP contribution in [-0.4, -0.2) is 25.0 Å². The molecule has 0 unspecified atom stereocenters. The highest BCUT2D eigenvalue weighted by Gasteiger charge is 2.31. The molecule has 3 rings (SSSR count). The van der Waals surface area contributed by atoms with E-state index in [1.54, 1.807) is 18.3 Å². The zero-order chi connectivity index (χ0) is 20.8. The van der Waals surface area contributed by atoms with Crippen LogP contribution in [0, 0.1) is 0 Å². The number of nitrogens with one attached hydrogen (secondary N) is 1. The van der Waals surface area contributed by atoms with E-state index < -0.39 is 22.6 Å². The first-order chi connectivity index (χ1) is 13.0. The summed E-state index contributed by atoms with van der Waals surface area (Å²) in [4.78, 5) is 46.5. The summed E-state index contributed by atoms with van der Waals surface area (Å²) in [7, 11) is 2.90. The van der Waals surface area contributed by atoms with Gasteiger partial charge in [-0.25, -0.2) is 9.78 Å². The van der Waals surface area contributed by atoms with Gasteiger partial charge in [-0.2, -0.15) is 0 Å². The van der Waals surface area contributed by atoms with Crippen molar-refractivity contribution in [3.63, 3.8) is 0 Å². The fraction of sp³-hybridized carbons (Fsp3) is 0.316. The van der Waals surface area contributed by atoms with Gasteiger partial charge >= 0.3 is 5.69 Å². The fourth-order valence-electron chi connectivity index (χ4n) is 3.22. The molecule has 0 aliphatic rings. The van der Waals surface area contributed by atoms with Crippen LogP contribution in [0.4, 0.5) is 11.5 Å². The molecule has 3 heterocycles. The summed E-state index contributed by atoms with van der Waals surface area (Å²) in [5.74, 6) is -0.553. The van der Waals surface area contributed by atoms with E-state index in [0.717, 1.165) is 4.57 Å². The fourth-order valence-corrected chi connectivity index (χ4v) is 3.22. The van der Waals surface area contributed by atoms with E-state index in [-0.39, 0.29) is 22.4 Å². The Balaban J connectivity index is 2.41. The molecule has 0 atom stereocenters. The van der Waals surface area contributed by atoms with Crippen molar-refractivity contribution in [2.75, 3.05) is 11.1 Å². The zero-order valence-electron chi connectivity index (χ0n) is 16.4. The molecule has 3 N–H and O–H groups in total. The summed E-state index contributed by atoms with van der Waals surface area (Å²) in [5, 5.41) is 2.93. The normalized spacial score (nSPS) is 11.6. The number of pyridine rings is 2. The lowest BCUT2D eigenvalue weighted by Gasteiger charge is -2.25. The van der Waals surface area contributed by atoms with E-state index in [4.69, 9.17) is 5.73 Å². The molecule has 0 bridgehead atoms. The highest BCUT2D eigenvalue weighted by atomic mass is 16.2. The molecule has 3 aromatic heterocycles. The summed E-state index contributed by atoms with van der Waals surface area (Å²) in [6.45, 7) is 5.60. The van der Waals surface area contributed by atoms with Crippen molar-refractivity contribution in [2.24, 2.45) is 14.1 Å². The van der Waals surface area contributed by atoms with Crippen molar-refractivity contribution in [1.29, 1.82) is 0 Å². The lowest BCUT2D eigenvalue weighted by Crippen LogP contribution is -2.39. The van der Waals surface area contributed by atoms with Crippen molar-refractivity contribution < 1.29 is 4.79 Å². The van der Waals surface area contributed by atoms with Crippen LogP contribution in [-0.2, 0) is 19.5 Å². The zero-order valence-corrected chi connectivity index (χ0v) is 16.4. The molecule has 0 fully saturated rings. The predicted octanol–water partition coefficient (Wildman–Crippen LogP) is 1.16. The highest BCUT2D eigenvalue weighted by molar-refractivity contribution is 6.11. The number of aromatic nitrogens is 4. The Hall–Kier alpha value is -3.49. The molecular weight excluding hydrogens is 360 g/mol. The molecule has 0 aromatic carbocycles. The minimum absolute atomic E-state index is 0.0536. The van der Waals surface area contributed by atoms with Gasteiger partial charge in [-0.3, -0.25) is 23.7 Å². The number of amides is 1. The summed E-state index contributed by atoms with van der Waals surface area (Å²) < 4.78 is 2.25. The minimum Gasteiger partial charge on any atom is -0.383 e. The Morgan fingerprint density at radius 1 is 1.18 bits per heavy atom. The second-order valence-corrected chi connectivity index (χ2v) is 7.60. The molecule has 0 aliphatic heterocycles. The van der Waals surface area contributed by atoms with Gasteiger partial charge in [0.25, 0.3) is 11.5 Å². The van der Waals surface area contributed by atoms with E-state index in [0.29, 0.717) is 11.3 Å². The van der Waals surface area contributed by atoms with Crippen LogP contribution >= 0.6 is 0 Å². The van der Waals surface area contributed by atoms with Gasteiger partial charge in [0.1, 0.15) is 5.82 Å². The van der Waals surface area contributed by atoms with Gasteiger partial charge in [-0.15, -0.1) is 0 Å². The number of nitrogens with zero attached hydrogens (tertiary/aromatic N) is 4. The maximum atomic E-state index is 13.1. The van der Waals surface area contributed by atoms with Crippen LogP contribution in [0.1, 0.15) is 36.7 Å². The molecule has 0 saturated heterocycles. The smallest absolute Gasteiger partial charge is 0.332 e. The number of rotatable bonds is 2. The van der Waals surface area contributed by atoms with Gasteiger partial charge in [0, 0.05) is 20.3 Å². The predicted molar refractivity (Wildman–Crippen MR) is 108 cm³/mol. The van der Waals surface area contributed by atoms with E-state index in [9.17, 15) is 14.4 Å². The Kier molecular flexibility index (Phi) is 4.54. The van der Waals surface area contributed by atoms with Gasteiger partial charge in [-0.1, -0.05) is 20.8 Å². The lowest BCUT2D eigenvalue weighted by atomic mass is 9.82. The molecule has 146 valence electrons. The van der Waals surface area contributed by atoms with E-state index in [1.165, 1.54) is 24.9 Å². The average Bonchev–Trinajstić information content (AvgIpc) is 2.63. The average molecular weight is 382 g/mol. The first-order valence-electron chi connectivity index (χ1n) is 8.65. The lowest BCUT2D eigenvalue weighted by molar-refractivity contribution is 0.102. The first kappa shape index (κ1) is 19.3. The van der Waals surface area contributed by atoms with E-state index in [1.807, 2.05) is 20.8 Å². The van der Waals surface area contributed by atoms with Crippen LogP contribution in [0.2, 0.25) is 0 Å². The molecule has 9 heteroatoms. The number of hydrogen-bond donors (Lipinski definition) is 2.